The number of hydrogen-bond donors (Lipinski definition) is 4. The molecule has 0 unspecified atom stereocenters. The number of oxazole rings is 1. The predicted molar refractivity (Wildman–Crippen MR) is 124 cm³/mol. The van der Waals surface area contributed by atoms with E-state index in [0.29, 0.717) is 58.8 Å². The van der Waals surface area contributed by atoms with E-state index < -0.39 is 11.7 Å². The van der Waals surface area contributed by atoms with Crippen LogP contribution in [0, 0.1) is 40.9 Å². The van der Waals surface area contributed by atoms with Gasteiger partial charge in [0.25, 0.3) is 11.8 Å². The molecular formula is C25H21N7O4. The van der Waals surface area contributed by atoms with Crippen molar-refractivity contribution in [1.29, 1.82) is 0 Å². The number of amides is 2. The van der Waals surface area contributed by atoms with E-state index in [1.807, 2.05) is 0 Å². The van der Waals surface area contributed by atoms with E-state index in [1.54, 1.807) is 30.5 Å². The maximum atomic E-state index is 13.2. The average Bonchev–Trinajstić information content (AvgIpc) is 3.51. The van der Waals surface area contributed by atoms with Crippen LogP contribution < -0.4 is 22.1 Å². The lowest BCUT2D eigenvalue weighted by molar-refractivity contribution is -0.617. The van der Waals surface area contributed by atoms with E-state index in [-0.39, 0.29) is 34.8 Å². The largest absolute Gasteiger partial charge is 0.417 e. The number of rotatable bonds is 6. The second kappa shape index (κ2) is 5.70. The third kappa shape index (κ3) is 1.81. The van der Waals surface area contributed by atoms with Gasteiger partial charge in [0.15, 0.2) is 11.2 Å². The highest BCUT2D eigenvalue weighted by Gasteiger charge is 3.08. The van der Waals surface area contributed by atoms with Crippen molar-refractivity contribution < 1.29 is 14.0 Å². The first kappa shape index (κ1) is 19.2. The number of benzene rings is 1. The van der Waals surface area contributed by atoms with Gasteiger partial charge in [-0.2, -0.15) is 5.10 Å². The highest BCUT2D eigenvalue weighted by Crippen LogP contribution is 3.06. The maximum absolute atomic E-state index is 13.2. The zero-order valence-corrected chi connectivity index (χ0v) is 18.9. The predicted octanol–water partition coefficient (Wildman–Crippen LogP) is 0.273. The number of carbonyl (C=O) groups is 2. The first-order valence-corrected chi connectivity index (χ1v) is 12.2. The van der Waals surface area contributed by atoms with E-state index >= 15 is 0 Å². The molecule has 3 aromatic heterocycles. The minimum Gasteiger partial charge on any atom is -0.408 e. The van der Waals surface area contributed by atoms with E-state index in [2.05, 4.69) is 25.7 Å². The summed E-state index contributed by atoms with van der Waals surface area (Å²) in [6, 6.07) is 8.32. The van der Waals surface area contributed by atoms with Crippen LogP contribution in [0.25, 0.3) is 16.7 Å². The second-order valence-electron chi connectivity index (χ2n) is 11.1. The molecule has 180 valence electrons. The molecule has 0 aliphatic heterocycles. The average molecular weight is 483 g/mol. The van der Waals surface area contributed by atoms with Crippen LogP contribution in [-0.4, -0.2) is 43.5 Å². The number of nitrogens with zero attached hydrogens (tertiary/aromatic N) is 3. The van der Waals surface area contributed by atoms with Crippen molar-refractivity contribution in [3.05, 3.63) is 64.0 Å². The first-order chi connectivity index (χ1) is 17.4. The monoisotopic (exact) mass is 483 g/mol. The molecule has 0 bridgehead atoms. The minimum atomic E-state index is -0.529. The van der Waals surface area contributed by atoms with Crippen molar-refractivity contribution >= 4 is 28.6 Å². The summed E-state index contributed by atoms with van der Waals surface area (Å²) in [5.41, 5.74) is 9.56. The van der Waals surface area contributed by atoms with E-state index in [9.17, 15) is 14.4 Å². The Bertz CT molecular complexity index is 1690. The number of hydrogen-bond acceptors (Lipinski definition) is 7. The fourth-order valence-electron chi connectivity index (χ4n) is 9.08. The number of nitrogens with two attached hydrogens (primary N) is 1. The Morgan fingerprint density at radius 2 is 1.83 bits per heavy atom. The van der Waals surface area contributed by atoms with Gasteiger partial charge in [0.05, 0.1) is 11.7 Å². The van der Waals surface area contributed by atoms with Gasteiger partial charge >= 0.3 is 5.76 Å². The SMILES string of the molecule is NC12C3C4C1C1C2C3C41CNC(=O)c1cc(C(=O)NCc2ccc3oc(=O)[nH]c3c2)nc2ccnn12. The lowest BCUT2D eigenvalue weighted by Gasteiger charge is -3.11. The second-order valence-corrected chi connectivity index (χ2v) is 11.1. The highest BCUT2D eigenvalue weighted by molar-refractivity contribution is 5.98. The van der Waals surface area contributed by atoms with Crippen LogP contribution >= 0.6 is 0 Å². The van der Waals surface area contributed by atoms with Crippen molar-refractivity contribution in [2.75, 3.05) is 6.54 Å². The van der Waals surface area contributed by atoms with Gasteiger partial charge in [-0.1, -0.05) is 6.07 Å². The van der Waals surface area contributed by atoms with Crippen LogP contribution in [0.5, 0.6) is 0 Å². The summed E-state index contributed by atoms with van der Waals surface area (Å²) in [5, 5.41) is 10.2. The van der Waals surface area contributed by atoms with Gasteiger partial charge in [-0.15, -0.1) is 0 Å². The Kier molecular flexibility index (Phi) is 3.04. The molecule has 11 heteroatoms. The Morgan fingerprint density at radius 1 is 1.06 bits per heavy atom. The van der Waals surface area contributed by atoms with Crippen LogP contribution in [0.15, 0.2) is 45.7 Å². The zero-order chi connectivity index (χ0) is 24.1. The van der Waals surface area contributed by atoms with Crippen molar-refractivity contribution in [1.82, 2.24) is 30.2 Å². The molecule has 2 amide bonds. The fourth-order valence-corrected chi connectivity index (χ4v) is 9.08. The molecule has 0 spiro atoms. The summed E-state index contributed by atoms with van der Waals surface area (Å²) in [7, 11) is 0. The molecule has 6 fully saturated rings. The molecule has 5 N–H and O–H groups in total. The number of aromatic amines is 1. The smallest absolute Gasteiger partial charge is 0.408 e. The molecule has 11 nitrogen and oxygen atoms in total. The van der Waals surface area contributed by atoms with Crippen molar-refractivity contribution in [3.63, 3.8) is 0 Å². The highest BCUT2D eigenvalue weighted by atomic mass is 16.4. The molecule has 3 heterocycles. The van der Waals surface area contributed by atoms with Crippen molar-refractivity contribution in [2.45, 2.75) is 12.1 Å². The van der Waals surface area contributed by atoms with Crippen molar-refractivity contribution in [2.24, 2.45) is 46.7 Å². The minimum absolute atomic E-state index is 0.132. The molecule has 6 saturated carbocycles. The van der Waals surface area contributed by atoms with Gasteiger partial charge in [0.2, 0.25) is 0 Å². The summed E-state index contributed by atoms with van der Waals surface area (Å²) in [5.74, 6) is 2.97. The van der Waals surface area contributed by atoms with Gasteiger partial charge < -0.3 is 20.8 Å². The lowest BCUT2D eigenvalue weighted by atomic mass is 8.94. The molecule has 10 rings (SSSR count). The van der Waals surface area contributed by atoms with Crippen LogP contribution in [0.2, 0.25) is 0 Å². The summed E-state index contributed by atoms with van der Waals surface area (Å²) in [6.45, 7) is 0.880. The van der Waals surface area contributed by atoms with E-state index in [4.69, 9.17) is 10.2 Å². The molecular weight excluding hydrogens is 462 g/mol. The Morgan fingerprint density at radius 3 is 2.61 bits per heavy atom. The molecule has 0 saturated heterocycles. The molecule has 6 aliphatic rings. The van der Waals surface area contributed by atoms with Crippen LogP contribution in [0.3, 0.4) is 0 Å². The van der Waals surface area contributed by atoms with E-state index in [1.165, 1.54) is 10.6 Å². The van der Waals surface area contributed by atoms with Crippen LogP contribution in [0.4, 0.5) is 0 Å². The number of carbonyl (C=O) groups excluding carboxylic acids is 2. The third-order valence-corrected chi connectivity index (χ3v) is 10.2. The Labute approximate surface area is 202 Å². The van der Waals surface area contributed by atoms with Gasteiger partial charge in [-0.25, -0.2) is 14.3 Å². The summed E-state index contributed by atoms with van der Waals surface area (Å²) in [4.78, 5) is 44.5. The first-order valence-electron chi connectivity index (χ1n) is 12.2. The van der Waals surface area contributed by atoms with Gasteiger partial charge in [-0.05, 0) is 58.6 Å². The molecule has 0 atom stereocenters. The topological polar surface area (TPSA) is 160 Å². The molecule has 0 radical (unpaired) electrons. The quantitative estimate of drug-likeness (QED) is 0.306. The van der Waals surface area contributed by atoms with Gasteiger partial charge in [-0.3, -0.25) is 14.6 Å². The number of nitrogens with one attached hydrogen (secondary N) is 3. The lowest BCUT2D eigenvalue weighted by Crippen LogP contribution is -3.15. The van der Waals surface area contributed by atoms with Crippen molar-refractivity contribution in [3.8, 4) is 0 Å². The molecule has 6 aliphatic carbocycles. The summed E-state index contributed by atoms with van der Waals surface area (Å²) in [6.07, 6.45) is 1.56. The number of aromatic nitrogens is 4. The molecule has 4 aromatic rings. The zero-order valence-electron chi connectivity index (χ0n) is 18.9. The Balaban J connectivity index is 0.936. The Hall–Kier alpha value is -3.99. The van der Waals surface area contributed by atoms with Gasteiger partial charge in [0, 0.05) is 30.8 Å². The standard InChI is InChI=1S/C25H21N7O4/c26-25-18-15-19(25)17-20(25)16(18)24(15,17)8-28-22(34)12-6-11(30-14-3-4-29-32(12)14)21(33)27-7-9-1-2-13-10(5-9)31-23(35)36-13/h1-6,15-20H,7-8,26H2,(H,27,33)(H,28,34)(H,31,35). The maximum Gasteiger partial charge on any atom is 0.417 e. The van der Waals surface area contributed by atoms with Crippen LogP contribution in [-0.2, 0) is 6.54 Å². The number of fused-ring (bicyclic) bond motifs is 2. The van der Waals surface area contributed by atoms with E-state index in [0.717, 1.165) is 5.56 Å². The summed E-state index contributed by atoms with van der Waals surface area (Å²) >= 11 is 0. The summed E-state index contributed by atoms with van der Waals surface area (Å²) < 4.78 is 6.47. The molecule has 1 aromatic carbocycles. The molecule has 36 heavy (non-hydrogen) atoms. The van der Waals surface area contributed by atoms with Crippen LogP contribution in [0.1, 0.15) is 26.5 Å². The fraction of sp³-hybridized carbons (Fsp3) is 0.400. The third-order valence-electron chi connectivity index (χ3n) is 10.2. The normalized spacial score (nSPS) is 37.2. The van der Waals surface area contributed by atoms with Gasteiger partial charge in [0.1, 0.15) is 11.4 Å². The number of H-pyrrole nitrogens is 1.